The van der Waals surface area contributed by atoms with Gasteiger partial charge in [-0.15, -0.1) is 0 Å². The third kappa shape index (κ3) is 3.42. The molecule has 0 spiro atoms. The van der Waals surface area contributed by atoms with Crippen molar-refractivity contribution in [2.45, 2.75) is 33.6 Å². The molecule has 3 heteroatoms. The first-order valence-electron chi connectivity index (χ1n) is 6.02. The smallest absolute Gasteiger partial charge is 0.270 e. The molecule has 2 aromatic rings. The molecule has 0 radical (unpaired) electrons. The van der Waals surface area contributed by atoms with Gasteiger partial charge in [0.05, 0.1) is 0 Å². The Bertz CT molecular complexity index is 495. The maximum Gasteiger partial charge on any atom is 0.270 e. The summed E-state index contributed by atoms with van der Waals surface area (Å²) in [5.41, 5.74) is 0.672. The Hall–Kier alpha value is -1.64. The van der Waals surface area contributed by atoms with Crippen LogP contribution in [0.15, 0.2) is 40.8 Å². The molecule has 1 heterocycles. The lowest BCUT2D eigenvalue weighted by Crippen LogP contribution is -2.06. The summed E-state index contributed by atoms with van der Waals surface area (Å²) in [5, 5.41) is 0. The van der Waals surface area contributed by atoms with Crippen LogP contribution in [-0.2, 0) is 5.92 Å². The first kappa shape index (κ1) is 14.4. The quantitative estimate of drug-likeness (QED) is 0.698. The summed E-state index contributed by atoms with van der Waals surface area (Å²) >= 11 is 0. The van der Waals surface area contributed by atoms with Crippen LogP contribution in [0, 0.1) is 6.92 Å². The summed E-state index contributed by atoms with van der Waals surface area (Å²) in [4.78, 5) is 0. The molecule has 1 aromatic heterocycles. The van der Waals surface area contributed by atoms with Gasteiger partial charge in [0.1, 0.15) is 11.5 Å². The van der Waals surface area contributed by atoms with Crippen LogP contribution in [0.2, 0.25) is 0 Å². The lowest BCUT2D eigenvalue weighted by atomic mass is 10.1. The van der Waals surface area contributed by atoms with Gasteiger partial charge in [0.25, 0.3) is 5.92 Å². The number of furan rings is 1. The van der Waals surface area contributed by atoms with E-state index in [-0.39, 0.29) is 5.56 Å². The molecule has 0 aliphatic heterocycles. The average Bonchev–Trinajstić information content (AvgIpc) is 2.78. The van der Waals surface area contributed by atoms with Gasteiger partial charge in [-0.3, -0.25) is 0 Å². The molecule has 0 bridgehead atoms. The molecule has 0 amide bonds. The highest BCUT2D eigenvalue weighted by atomic mass is 19.3. The summed E-state index contributed by atoms with van der Waals surface area (Å²) in [6.45, 7) is 6.71. The normalized spacial score (nSPS) is 10.8. The number of benzene rings is 1. The van der Waals surface area contributed by atoms with Crippen LogP contribution >= 0.6 is 0 Å². The monoisotopic (exact) mass is 252 g/mol. The Morgan fingerprint density at radius 1 is 1.06 bits per heavy atom. The zero-order chi connectivity index (χ0) is 13.8. The maximum absolute atomic E-state index is 13.1. The van der Waals surface area contributed by atoms with Crippen molar-refractivity contribution in [3.05, 3.63) is 47.7 Å². The lowest BCUT2D eigenvalue weighted by molar-refractivity contribution is 0.0175. The van der Waals surface area contributed by atoms with Gasteiger partial charge in [0, 0.05) is 18.1 Å². The van der Waals surface area contributed by atoms with Crippen molar-refractivity contribution in [2.75, 3.05) is 0 Å². The number of rotatable bonds is 2. The van der Waals surface area contributed by atoms with E-state index in [0.717, 1.165) is 12.7 Å². The third-order valence-corrected chi connectivity index (χ3v) is 2.39. The van der Waals surface area contributed by atoms with Crippen LogP contribution < -0.4 is 0 Å². The van der Waals surface area contributed by atoms with Crippen molar-refractivity contribution in [3.8, 4) is 11.3 Å². The van der Waals surface area contributed by atoms with E-state index in [1.54, 1.807) is 18.2 Å². The van der Waals surface area contributed by atoms with Gasteiger partial charge in [0.15, 0.2) is 0 Å². The molecule has 0 aliphatic rings. The Morgan fingerprint density at radius 2 is 1.72 bits per heavy atom. The molecule has 0 N–H and O–H groups in total. The van der Waals surface area contributed by atoms with E-state index in [1.807, 2.05) is 26.8 Å². The van der Waals surface area contributed by atoms with E-state index < -0.39 is 5.92 Å². The van der Waals surface area contributed by atoms with E-state index in [1.165, 1.54) is 12.1 Å². The van der Waals surface area contributed by atoms with Crippen LogP contribution in [0.3, 0.4) is 0 Å². The minimum absolute atomic E-state index is 0.000877. The zero-order valence-corrected chi connectivity index (χ0v) is 11.1. The van der Waals surface area contributed by atoms with Gasteiger partial charge in [-0.25, -0.2) is 8.78 Å². The first-order valence-corrected chi connectivity index (χ1v) is 6.02. The fourth-order valence-electron chi connectivity index (χ4n) is 1.54. The first-order chi connectivity index (χ1) is 8.47. The minimum Gasteiger partial charge on any atom is -0.461 e. The topological polar surface area (TPSA) is 13.1 Å². The van der Waals surface area contributed by atoms with Crippen molar-refractivity contribution in [1.29, 1.82) is 0 Å². The Labute approximate surface area is 106 Å². The summed E-state index contributed by atoms with van der Waals surface area (Å²) in [6, 6.07) is 9.83. The van der Waals surface area contributed by atoms with Gasteiger partial charge >= 0.3 is 0 Å². The molecule has 18 heavy (non-hydrogen) atoms. The predicted molar refractivity (Wildman–Crippen MR) is 69.8 cm³/mol. The minimum atomic E-state index is -2.82. The van der Waals surface area contributed by atoms with E-state index in [9.17, 15) is 8.78 Å². The Morgan fingerprint density at radius 3 is 2.22 bits per heavy atom. The fourth-order valence-corrected chi connectivity index (χ4v) is 1.54. The summed E-state index contributed by atoms with van der Waals surface area (Å²) in [6.07, 6.45) is 0. The van der Waals surface area contributed by atoms with E-state index in [4.69, 9.17) is 4.42 Å². The van der Waals surface area contributed by atoms with Gasteiger partial charge in [-0.05, 0) is 25.1 Å². The molecule has 1 aromatic carbocycles. The van der Waals surface area contributed by atoms with Gasteiger partial charge in [-0.1, -0.05) is 32.0 Å². The largest absolute Gasteiger partial charge is 0.461 e. The molecular formula is C15H18F2O. The van der Waals surface area contributed by atoms with Crippen molar-refractivity contribution >= 4 is 0 Å². The van der Waals surface area contributed by atoms with E-state index >= 15 is 0 Å². The summed E-state index contributed by atoms with van der Waals surface area (Å²) in [7, 11) is 0. The summed E-state index contributed by atoms with van der Waals surface area (Å²) < 4.78 is 31.6. The van der Waals surface area contributed by atoms with Gasteiger partial charge in [0.2, 0.25) is 0 Å². The molecular weight excluding hydrogens is 234 g/mol. The molecule has 0 unspecified atom stereocenters. The van der Waals surface area contributed by atoms with Crippen LogP contribution in [-0.4, -0.2) is 0 Å². The zero-order valence-electron chi connectivity index (χ0n) is 11.1. The molecule has 0 aliphatic carbocycles. The van der Waals surface area contributed by atoms with E-state index in [2.05, 4.69) is 0 Å². The van der Waals surface area contributed by atoms with Crippen molar-refractivity contribution in [3.63, 3.8) is 0 Å². The number of aryl methyl sites for hydroxylation is 1. The number of alkyl halides is 2. The highest BCUT2D eigenvalue weighted by Gasteiger charge is 2.24. The van der Waals surface area contributed by atoms with E-state index in [0.29, 0.717) is 11.3 Å². The fraction of sp³-hybridized carbons (Fsp3) is 0.333. The molecule has 0 fully saturated rings. The highest BCUT2D eigenvalue weighted by Crippen LogP contribution is 2.30. The number of hydrogen-bond acceptors (Lipinski definition) is 1. The number of hydrogen-bond donors (Lipinski definition) is 0. The van der Waals surface area contributed by atoms with Crippen LogP contribution in [0.1, 0.15) is 32.1 Å². The van der Waals surface area contributed by atoms with Crippen molar-refractivity contribution in [2.24, 2.45) is 0 Å². The molecule has 2 rings (SSSR count). The van der Waals surface area contributed by atoms with Crippen molar-refractivity contribution in [1.82, 2.24) is 0 Å². The second-order valence-electron chi connectivity index (χ2n) is 3.88. The van der Waals surface area contributed by atoms with Gasteiger partial charge in [-0.2, -0.15) is 0 Å². The second kappa shape index (κ2) is 5.80. The number of halogens is 2. The second-order valence-corrected chi connectivity index (χ2v) is 3.88. The summed E-state index contributed by atoms with van der Waals surface area (Å²) in [5.74, 6) is -1.44. The lowest BCUT2D eigenvalue weighted by Gasteiger charge is -2.11. The van der Waals surface area contributed by atoms with Crippen LogP contribution in [0.5, 0.6) is 0 Å². The molecule has 1 nitrogen and oxygen atoms in total. The standard InChI is InChI=1S/C13H12F2O.C2H6/c1-9-6-7-12(16-9)10-4-3-5-11(8-10)13(2,14)15;1-2/h3-8H,1-2H3;1-2H3. The predicted octanol–water partition coefficient (Wildman–Crippen LogP) is 5.39. The van der Waals surface area contributed by atoms with Crippen molar-refractivity contribution < 1.29 is 13.2 Å². The Balaban J connectivity index is 0.000000771. The molecule has 0 atom stereocenters. The average molecular weight is 252 g/mol. The van der Waals surface area contributed by atoms with Gasteiger partial charge < -0.3 is 4.42 Å². The van der Waals surface area contributed by atoms with Crippen LogP contribution in [0.25, 0.3) is 11.3 Å². The Kier molecular flexibility index (Phi) is 4.65. The SMILES string of the molecule is CC.Cc1ccc(-c2cccc(C(C)(F)F)c2)o1. The molecule has 0 saturated heterocycles. The molecule has 98 valence electrons. The molecule has 0 saturated carbocycles. The highest BCUT2D eigenvalue weighted by molar-refractivity contribution is 5.58. The third-order valence-electron chi connectivity index (χ3n) is 2.39. The van der Waals surface area contributed by atoms with Crippen LogP contribution in [0.4, 0.5) is 8.78 Å². The maximum atomic E-state index is 13.1.